The molecular weight excluding hydrogens is 210 g/mol. The van der Waals surface area contributed by atoms with Crippen molar-refractivity contribution in [2.24, 2.45) is 5.84 Å². The van der Waals surface area contributed by atoms with E-state index in [1.807, 2.05) is 31.8 Å². The molecule has 0 spiro atoms. The van der Waals surface area contributed by atoms with Gasteiger partial charge >= 0.3 is 0 Å². The van der Waals surface area contributed by atoms with Crippen LogP contribution in [0.3, 0.4) is 0 Å². The molecule has 1 rings (SSSR count). The van der Waals surface area contributed by atoms with Crippen molar-refractivity contribution in [2.75, 3.05) is 35.9 Å². The van der Waals surface area contributed by atoms with Gasteiger partial charge in [0.25, 0.3) is 0 Å². The van der Waals surface area contributed by atoms with Gasteiger partial charge in [-0.3, -0.25) is 5.43 Å². The number of hydrogen-bond acceptors (Lipinski definition) is 6. The van der Waals surface area contributed by atoms with Gasteiger partial charge in [-0.25, -0.2) is 10.8 Å². The topological polar surface area (TPSA) is 67.1 Å². The number of nitrogens with two attached hydrogens (primary N) is 1. The number of nitrogens with one attached hydrogen (secondary N) is 1. The van der Waals surface area contributed by atoms with E-state index in [0.717, 1.165) is 23.8 Å². The maximum absolute atomic E-state index is 5.29. The fourth-order valence-corrected chi connectivity index (χ4v) is 1.61. The molecule has 0 aromatic carbocycles. The second-order valence-electron chi connectivity index (χ2n) is 3.25. The first-order valence-electron chi connectivity index (χ1n) is 4.69. The van der Waals surface area contributed by atoms with Gasteiger partial charge in [0, 0.05) is 31.1 Å². The van der Waals surface area contributed by atoms with Gasteiger partial charge in [0.2, 0.25) is 5.95 Å². The maximum atomic E-state index is 5.29. The molecule has 15 heavy (non-hydrogen) atoms. The Morgan fingerprint density at radius 2 is 2.27 bits per heavy atom. The zero-order chi connectivity index (χ0) is 11.3. The van der Waals surface area contributed by atoms with E-state index in [1.165, 1.54) is 0 Å². The Hall–Kier alpha value is -1.01. The first-order valence-corrected chi connectivity index (χ1v) is 6.09. The predicted octanol–water partition coefficient (Wildman–Crippen LogP) is 0.870. The summed E-state index contributed by atoms with van der Waals surface area (Å²) in [5, 5.41) is 0. The van der Waals surface area contributed by atoms with E-state index in [4.69, 9.17) is 5.84 Å². The lowest BCUT2D eigenvalue weighted by Gasteiger charge is -2.18. The standard InChI is InChI=1S/C9H17N5S/c1-7-6-8(12-9(11-7)13-10)14(2)4-5-15-3/h6H,4-5,10H2,1-3H3,(H,11,12,13). The van der Waals surface area contributed by atoms with Crippen LogP contribution in [-0.4, -0.2) is 35.6 Å². The van der Waals surface area contributed by atoms with Gasteiger partial charge < -0.3 is 4.90 Å². The van der Waals surface area contributed by atoms with Crippen LogP contribution in [0.15, 0.2) is 6.07 Å². The molecule has 5 nitrogen and oxygen atoms in total. The molecule has 1 aromatic heterocycles. The van der Waals surface area contributed by atoms with Gasteiger partial charge in [0.05, 0.1) is 0 Å². The number of rotatable bonds is 5. The van der Waals surface area contributed by atoms with E-state index in [9.17, 15) is 0 Å². The molecule has 0 saturated carbocycles. The second kappa shape index (κ2) is 5.77. The average molecular weight is 227 g/mol. The Kier molecular flexibility index (Phi) is 4.64. The SMILES string of the molecule is CSCCN(C)c1cc(C)nc(NN)n1. The molecule has 0 radical (unpaired) electrons. The highest BCUT2D eigenvalue weighted by molar-refractivity contribution is 7.98. The summed E-state index contributed by atoms with van der Waals surface area (Å²) in [4.78, 5) is 10.5. The third-order valence-electron chi connectivity index (χ3n) is 1.99. The average Bonchev–Trinajstić information content (AvgIpc) is 2.24. The van der Waals surface area contributed by atoms with Crippen LogP contribution in [-0.2, 0) is 0 Å². The van der Waals surface area contributed by atoms with Crippen LogP contribution in [0.4, 0.5) is 11.8 Å². The van der Waals surface area contributed by atoms with Crippen LogP contribution in [0.25, 0.3) is 0 Å². The van der Waals surface area contributed by atoms with Crippen LogP contribution in [0.5, 0.6) is 0 Å². The van der Waals surface area contributed by atoms with Gasteiger partial charge in [-0.2, -0.15) is 16.7 Å². The third-order valence-corrected chi connectivity index (χ3v) is 2.58. The highest BCUT2D eigenvalue weighted by Gasteiger charge is 2.05. The monoisotopic (exact) mass is 227 g/mol. The van der Waals surface area contributed by atoms with Gasteiger partial charge in [0.1, 0.15) is 5.82 Å². The first-order chi connectivity index (χ1) is 7.17. The van der Waals surface area contributed by atoms with Crippen molar-refractivity contribution in [1.82, 2.24) is 9.97 Å². The van der Waals surface area contributed by atoms with Crippen molar-refractivity contribution in [2.45, 2.75) is 6.92 Å². The number of anilines is 2. The summed E-state index contributed by atoms with van der Waals surface area (Å²) >= 11 is 1.81. The zero-order valence-electron chi connectivity index (χ0n) is 9.32. The Bertz CT molecular complexity index is 317. The summed E-state index contributed by atoms with van der Waals surface area (Å²) in [5.74, 6) is 7.72. The molecule has 0 saturated heterocycles. The molecule has 1 aromatic rings. The smallest absolute Gasteiger partial charge is 0.239 e. The Balaban J connectivity index is 2.78. The fourth-order valence-electron chi connectivity index (χ4n) is 1.15. The molecule has 3 N–H and O–H groups in total. The summed E-state index contributed by atoms with van der Waals surface area (Å²) in [5.41, 5.74) is 3.37. The molecule has 0 aliphatic carbocycles. The molecule has 0 fully saturated rings. The Labute approximate surface area is 94.4 Å². The quantitative estimate of drug-likeness (QED) is 0.575. The molecule has 0 aliphatic rings. The molecule has 0 aliphatic heterocycles. The van der Waals surface area contributed by atoms with E-state index < -0.39 is 0 Å². The van der Waals surface area contributed by atoms with Gasteiger partial charge in [-0.15, -0.1) is 0 Å². The normalized spacial score (nSPS) is 10.1. The Morgan fingerprint density at radius 3 is 2.87 bits per heavy atom. The number of aromatic nitrogens is 2. The molecule has 0 atom stereocenters. The summed E-state index contributed by atoms with van der Waals surface area (Å²) in [6.45, 7) is 2.88. The predicted molar refractivity (Wildman–Crippen MR) is 66.2 cm³/mol. The first kappa shape index (κ1) is 12.1. The minimum atomic E-state index is 0.459. The molecule has 0 bridgehead atoms. The largest absolute Gasteiger partial charge is 0.359 e. The van der Waals surface area contributed by atoms with Crippen molar-refractivity contribution < 1.29 is 0 Å². The zero-order valence-corrected chi connectivity index (χ0v) is 10.1. The molecule has 0 unspecified atom stereocenters. The lowest BCUT2D eigenvalue weighted by molar-refractivity contribution is 0.928. The van der Waals surface area contributed by atoms with Gasteiger partial charge in [-0.1, -0.05) is 0 Å². The molecular formula is C9H17N5S. The van der Waals surface area contributed by atoms with Gasteiger partial charge in [-0.05, 0) is 13.2 Å². The van der Waals surface area contributed by atoms with E-state index >= 15 is 0 Å². The third kappa shape index (κ3) is 3.56. The van der Waals surface area contributed by atoms with Crippen molar-refractivity contribution >= 4 is 23.5 Å². The van der Waals surface area contributed by atoms with E-state index in [2.05, 4.69) is 26.5 Å². The van der Waals surface area contributed by atoms with E-state index in [1.54, 1.807) is 0 Å². The van der Waals surface area contributed by atoms with Crippen molar-refractivity contribution in [3.8, 4) is 0 Å². The maximum Gasteiger partial charge on any atom is 0.239 e. The summed E-state index contributed by atoms with van der Waals surface area (Å²) in [6, 6.07) is 1.95. The highest BCUT2D eigenvalue weighted by atomic mass is 32.2. The van der Waals surface area contributed by atoms with Crippen molar-refractivity contribution in [1.29, 1.82) is 0 Å². The summed E-state index contributed by atoms with van der Waals surface area (Å²) in [7, 11) is 2.01. The lowest BCUT2D eigenvalue weighted by Crippen LogP contribution is -2.22. The molecule has 6 heteroatoms. The molecule has 1 heterocycles. The van der Waals surface area contributed by atoms with Crippen LogP contribution >= 0.6 is 11.8 Å². The summed E-state index contributed by atoms with van der Waals surface area (Å²) in [6.07, 6.45) is 2.09. The Morgan fingerprint density at radius 1 is 1.53 bits per heavy atom. The molecule has 0 amide bonds. The minimum Gasteiger partial charge on any atom is -0.359 e. The van der Waals surface area contributed by atoms with Crippen LogP contribution < -0.4 is 16.2 Å². The highest BCUT2D eigenvalue weighted by Crippen LogP contribution is 2.13. The van der Waals surface area contributed by atoms with Crippen LogP contribution in [0.2, 0.25) is 0 Å². The number of hydrazine groups is 1. The van der Waals surface area contributed by atoms with Crippen molar-refractivity contribution in [3.63, 3.8) is 0 Å². The number of nitrogen functional groups attached to an aromatic ring is 1. The number of aryl methyl sites for hydroxylation is 1. The molecule has 84 valence electrons. The fraction of sp³-hybridized carbons (Fsp3) is 0.556. The summed E-state index contributed by atoms with van der Waals surface area (Å²) < 4.78 is 0. The minimum absolute atomic E-state index is 0.459. The second-order valence-corrected chi connectivity index (χ2v) is 4.24. The number of hydrogen-bond donors (Lipinski definition) is 2. The number of nitrogens with zero attached hydrogens (tertiary/aromatic N) is 3. The van der Waals surface area contributed by atoms with E-state index in [-0.39, 0.29) is 0 Å². The number of thioether (sulfide) groups is 1. The van der Waals surface area contributed by atoms with E-state index in [0.29, 0.717) is 5.95 Å². The van der Waals surface area contributed by atoms with Crippen LogP contribution in [0.1, 0.15) is 5.69 Å². The van der Waals surface area contributed by atoms with Crippen LogP contribution in [0, 0.1) is 6.92 Å². The lowest BCUT2D eigenvalue weighted by atomic mass is 10.4. The van der Waals surface area contributed by atoms with Gasteiger partial charge in [0.15, 0.2) is 0 Å². The van der Waals surface area contributed by atoms with Crippen molar-refractivity contribution in [3.05, 3.63) is 11.8 Å².